The van der Waals surface area contributed by atoms with Crippen LogP contribution in [0.25, 0.3) is 0 Å². The molecule has 112 valence electrons. The minimum absolute atomic E-state index is 0.329. The van der Waals surface area contributed by atoms with Crippen LogP contribution in [0.2, 0.25) is 19.1 Å². The van der Waals surface area contributed by atoms with Gasteiger partial charge in [0.15, 0.2) is 8.32 Å². The highest BCUT2D eigenvalue weighted by molar-refractivity contribution is 6.71. The van der Waals surface area contributed by atoms with Gasteiger partial charge in [0.25, 0.3) is 0 Å². The standard InChI is InChI=1S/C14H28O4Si/c1-6-18-19(4,5)12-8-10-16-9-7-11-17-14(15)13(2)3/h2,6-12H2,1,3-5H3. The van der Waals surface area contributed by atoms with Gasteiger partial charge in [0.1, 0.15) is 0 Å². The van der Waals surface area contributed by atoms with Crippen LogP contribution in [-0.2, 0) is 18.7 Å². The Morgan fingerprint density at radius 2 is 1.79 bits per heavy atom. The van der Waals surface area contributed by atoms with Crippen LogP contribution in [0, 0.1) is 0 Å². The smallest absolute Gasteiger partial charge is 0.333 e. The number of rotatable bonds is 11. The van der Waals surface area contributed by atoms with Gasteiger partial charge in [-0.25, -0.2) is 4.79 Å². The average Bonchev–Trinajstić information content (AvgIpc) is 2.31. The van der Waals surface area contributed by atoms with Crippen LogP contribution >= 0.6 is 0 Å². The Bertz CT molecular complexity index is 277. The molecule has 0 fully saturated rings. The summed E-state index contributed by atoms with van der Waals surface area (Å²) in [5.41, 5.74) is 0.434. The molecule has 0 aliphatic carbocycles. The van der Waals surface area contributed by atoms with Crippen molar-refractivity contribution in [1.29, 1.82) is 0 Å². The van der Waals surface area contributed by atoms with Gasteiger partial charge < -0.3 is 13.9 Å². The third kappa shape index (κ3) is 10.9. The summed E-state index contributed by atoms with van der Waals surface area (Å²) in [5.74, 6) is -0.329. The molecule has 0 saturated carbocycles. The Kier molecular flexibility index (Phi) is 9.82. The zero-order valence-corrected chi connectivity index (χ0v) is 13.8. The van der Waals surface area contributed by atoms with Crippen LogP contribution in [0.1, 0.15) is 26.7 Å². The van der Waals surface area contributed by atoms with Gasteiger partial charge in [0.05, 0.1) is 6.61 Å². The fourth-order valence-corrected chi connectivity index (χ4v) is 3.54. The summed E-state index contributed by atoms with van der Waals surface area (Å²) in [5, 5.41) is 0. The Morgan fingerprint density at radius 1 is 1.16 bits per heavy atom. The van der Waals surface area contributed by atoms with Crippen molar-refractivity contribution in [3.8, 4) is 0 Å². The van der Waals surface area contributed by atoms with Crippen molar-refractivity contribution in [2.24, 2.45) is 0 Å². The summed E-state index contributed by atoms with van der Waals surface area (Å²) in [6, 6.07) is 1.12. The molecule has 0 aliphatic rings. The van der Waals surface area contributed by atoms with Gasteiger partial charge in [0, 0.05) is 31.8 Å². The number of hydrogen-bond donors (Lipinski definition) is 0. The second-order valence-corrected chi connectivity index (χ2v) is 9.49. The molecule has 0 aromatic carbocycles. The summed E-state index contributed by atoms with van der Waals surface area (Å²) < 4.78 is 16.2. The third-order valence-corrected chi connectivity index (χ3v) is 5.25. The van der Waals surface area contributed by atoms with Gasteiger partial charge in [-0.2, -0.15) is 0 Å². The quantitative estimate of drug-likeness (QED) is 0.253. The van der Waals surface area contributed by atoms with E-state index in [1.807, 2.05) is 6.92 Å². The lowest BCUT2D eigenvalue weighted by Crippen LogP contribution is -2.30. The van der Waals surface area contributed by atoms with Gasteiger partial charge in [-0.15, -0.1) is 0 Å². The van der Waals surface area contributed by atoms with Gasteiger partial charge in [-0.05, 0) is 39.4 Å². The fraction of sp³-hybridized carbons (Fsp3) is 0.786. The summed E-state index contributed by atoms with van der Waals surface area (Å²) in [4.78, 5) is 11.1. The zero-order valence-electron chi connectivity index (χ0n) is 12.8. The minimum atomic E-state index is -1.47. The minimum Gasteiger partial charge on any atom is -0.462 e. The van der Waals surface area contributed by atoms with Crippen molar-refractivity contribution >= 4 is 14.3 Å². The van der Waals surface area contributed by atoms with E-state index in [1.165, 1.54) is 0 Å². The highest BCUT2D eigenvalue weighted by Gasteiger charge is 2.20. The molecule has 0 aromatic heterocycles. The molecule has 5 heteroatoms. The monoisotopic (exact) mass is 288 g/mol. The number of ether oxygens (including phenoxy) is 2. The first kappa shape index (κ1) is 18.3. The molecule has 0 spiro atoms. The molecule has 0 rings (SSSR count). The van der Waals surface area contributed by atoms with Crippen molar-refractivity contribution < 1.29 is 18.7 Å². The molecule has 0 saturated heterocycles. The van der Waals surface area contributed by atoms with E-state index < -0.39 is 8.32 Å². The van der Waals surface area contributed by atoms with Crippen LogP contribution in [0.5, 0.6) is 0 Å². The van der Waals surface area contributed by atoms with Gasteiger partial charge in [-0.1, -0.05) is 6.58 Å². The highest BCUT2D eigenvalue weighted by Crippen LogP contribution is 2.13. The fourth-order valence-electron chi connectivity index (χ4n) is 1.61. The van der Waals surface area contributed by atoms with E-state index in [9.17, 15) is 4.79 Å². The van der Waals surface area contributed by atoms with E-state index >= 15 is 0 Å². The first-order chi connectivity index (χ1) is 8.89. The zero-order chi connectivity index (χ0) is 14.7. The normalized spacial score (nSPS) is 11.4. The maximum absolute atomic E-state index is 11.1. The van der Waals surface area contributed by atoms with Crippen LogP contribution < -0.4 is 0 Å². The Morgan fingerprint density at radius 3 is 2.37 bits per heavy atom. The number of esters is 1. The largest absolute Gasteiger partial charge is 0.462 e. The summed E-state index contributed by atoms with van der Waals surface area (Å²) in [6.07, 6.45) is 1.76. The molecule has 0 aliphatic heterocycles. The average molecular weight is 288 g/mol. The maximum Gasteiger partial charge on any atom is 0.333 e. The van der Waals surface area contributed by atoms with E-state index in [2.05, 4.69) is 19.7 Å². The van der Waals surface area contributed by atoms with Crippen LogP contribution in [0.4, 0.5) is 0 Å². The van der Waals surface area contributed by atoms with Crippen molar-refractivity contribution in [3.05, 3.63) is 12.2 Å². The first-order valence-electron chi connectivity index (χ1n) is 6.93. The van der Waals surface area contributed by atoms with Crippen molar-refractivity contribution in [2.75, 3.05) is 26.4 Å². The topological polar surface area (TPSA) is 44.8 Å². The molecule has 0 amide bonds. The van der Waals surface area contributed by atoms with Crippen LogP contribution in [0.3, 0.4) is 0 Å². The maximum atomic E-state index is 11.1. The third-order valence-electron chi connectivity index (χ3n) is 2.62. The van der Waals surface area contributed by atoms with Gasteiger partial charge >= 0.3 is 5.97 Å². The van der Waals surface area contributed by atoms with Crippen molar-refractivity contribution in [1.82, 2.24) is 0 Å². The molecule has 0 bridgehead atoms. The molecule has 19 heavy (non-hydrogen) atoms. The van der Waals surface area contributed by atoms with Crippen molar-refractivity contribution in [2.45, 2.75) is 45.8 Å². The lowest BCUT2D eigenvalue weighted by Gasteiger charge is -2.21. The second-order valence-electron chi connectivity index (χ2n) is 5.18. The second kappa shape index (κ2) is 10.2. The number of hydrogen-bond acceptors (Lipinski definition) is 4. The molecule has 0 heterocycles. The van der Waals surface area contributed by atoms with Crippen LogP contribution in [0.15, 0.2) is 12.2 Å². The Hall–Kier alpha value is -0.653. The predicted octanol–water partition coefficient (Wildman–Crippen LogP) is 3.14. The lowest BCUT2D eigenvalue weighted by molar-refractivity contribution is -0.139. The molecule has 4 nitrogen and oxygen atoms in total. The van der Waals surface area contributed by atoms with Crippen molar-refractivity contribution in [3.63, 3.8) is 0 Å². The van der Waals surface area contributed by atoms with E-state index in [-0.39, 0.29) is 5.97 Å². The lowest BCUT2D eigenvalue weighted by atomic mass is 10.4. The van der Waals surface area contributed by atoms with Gasteiger partial charge in [-0.3, -0.25) is 0 Å². The Labute approximate surface area is 118 Å². The molecule has 0 radical (unpaired) electrons. The molecule has 0 atom stereocenters. The summed E-state index contributed by atoms with van der Waals surface area (Å²) in [6.45, 7) is 14.2. The first-order valence-corrected chi connectivity index (χ1v) is 10.0. The number of carbonyl (C=O) groups excluding carboxylic acids is 1. The molecule has 0 N–H and O–H groups in total. The molecule has 0 aromatic rings. The molecular formula is C14H28O4Si. The summed E-state index contributed by atoms with van der Waals surface area (Å²) >= 11 is 0. The highest BCUT2D eigenvalue weighted by atomic mass is 28.4. The Balaban J connectivity index is 3.37. The van der Waals surface area contributed by atoms with E-state index in [0.29, 0.717) is 18.8 Å². The van der Waals surface area contributed by atoms with E-state index in [0.717, 1.165) is 32.1 Å². The molecular weight excluding hydrogens is 260 g/mol. The SMILES string of the molecule is C=C(C)C(=O)OCCCOCCC[Si](C)(C)OCC. The van der Waals surface area contributed by atoms with Crippen LogP contribution in [-0.4, -0.2) is 40.7 Å². The van der Waals surface area contributed by atoms with E-state index in [1.54, 1.807) is 6.92 Å². The summed E-state index contributed by atoms with van der Waals surface area (Å²) in [7, 11) is -1.47. The number of carbonyl (C=O) groups is 1. The molecule has 0 unspecified atom stereocenters. The van der Waals surface area contributed by atoms with E-state index in [4.69, 9.17) is 13.9 Å². The predicted molar refractivity (Wildman–Crippen MR) is 79.7 cm³/mol. The van der Waals surface area contributed by atoms with Gasteiger partial charge in [0.2, 0.25) is 0 Å².